The van der Waals surface area contributed by atoms with Crippen LogP contribution in [0.15, 0.2) is 24.3 Å². The summed E-state index contributed by atoms with van der Waals surface area (Å²) in [4.78, 5) is 20.7. The molecule has 4 heteroatoms. The van der Waals surface area contributed by atoms with Crippen molar-refractivity contribution in [3.05, 3.63) is 24.3 Å². The normalized spacial score (nSPS) is 11.7. The van der Waals surface area contributed by atoms with Crippen LogP contribution < -0.4 is 0 Å². The van der Waals surface area contributed by atoms with Crippen molar-refractivity contribution in [3.63, 3.8) is 0 Å². The first-order valence-electron chi connectivity index (χ1n) is 15.9. The van der Waals surface area contributed by atoms with Gasteiger partial charge >= 0.3 is 11.9 Å². The van der Waals surface area contributed by atoms with E-state index >= 15 is 0 Å². The standard InChI is InChI=1S/C33H60O4/c34-32(35)30-28-26-24-22-20-18-16-14-12-10-8-6-4-2-1-3-5-7-9-11-13-15-17-19-21-23-25-27-29-31-33(36)37/h28-31H,1-27H2,(H,34,35)(H,36,37). The third kappa shape index (κ3) is 34.4. The number of carboxylic acid groups (broad SMARTS) is 2. The molecule has 0 bridgehead atoms. The zero-order valence-corrected chi connectivity index (χ0v) is 24.1. The van der Waals surface area contributed by atoms with Gasteiger partial charge in [-0.2, -0.15) is 0 Å². The van der Waals surface area contributed by atoms with E-state index < -0.39 is 11.9 Å². The highest BCUT2D eigenvalue weighted by Crippen LogP contribution is 2.16. The van der Waals surface area contributed by atoms with Crippen LogP contribution in [0, 0.1) is 0 Å². The van der Waals surface area contributed by atoms with E-state index in [1.54, 1.807) is 12.2 Å². The second-order valence-corrected chi connectivity index (χ2v) is 10.9. The summed E-state index contributed by atoms with van der Waals surface area (Å²) in [5.41, 5.74) is 0. The Hall–Kier alpha value is -1.58. The maximum atomic E-state index is 10.4. The van der Waals surface area contributed by atoms with Gasteiger partial charge in [-0.25, -0.2) is 9.59 Å². The van der Waals surface area contributed by atoms with E-state index in [4.69, 9.17) is 10.2 Å². The number of allylic oxidation sites excluding steroid dienone is 2. The third-order valence-electron chi connectivity index (χ3n) is 7.26. The van der Waals surface area contributed by atoms with Gasteiger partial charge < -0.3 is 10.2 Å². The molecule has 0 spiro atoms. The quantitative estimate of drug-likeness (QED) is 0.0729. The van der Waals surface area contributed by atoms with Gasteiger partial charge in [-0.1, -0.05) is 160 Å². The summed E-state index contributed by atoms with van der Waals surface area (Å²) in [6.07, 6.45) is 41.7. The fourth-order valence-electron chi connectivity index (χ4n) is 4.96. The lowest BCUT2D eigenvalue weighted by Crippen LogP contribution is -1.86. The summed E-state index contributed by atoms with van der Waals surface area (Å²) in [6.45, 7) is 0. The van der Waals surface area contributed by atoms with Crippen LogP contribution in [0.5, 0.6) is 0 Å². The highest BCUT2D eigenvalue weighted by atomic mass is 16.4. The second kappa shape index (κ2) is 30.6. The highest BCUT2D eigenvalue weighted by molar-refractivity contribution is 5.79. The zero-order chi connectivity index (χ0) is 27.1. The van der Waals surface area contributed by atoms with E-state index in [2.05, 4.69) is 0 Å². The van der Waals surface area contributed by atoms with Crippen molar-refractivity contribution in [2.75, 3.05) is 0 Å². The summed E-state index contributed by atoms with van der Waals surface area (Å²) in [6, 6.07) is 0. The predicted molar refractivity (Wildman–Crippen MR) is 158 cm³/mol. The summed E-state index contributed by atoms with van der Waals surface area (Å²) < 4.78 is 0. The maximum Gasteiger partial charge on any atom is 0.327 e. The summed E-state index contributed by atoms with van der Waals surface area (Å²) >= 11 is 0. The summed E-state index contributed by atoms with van der Waals surface area (Å²) in [7, 11) is 0. The lowest BCUT2D eigenvalue weighted by Gasteiger charge is -2.04. The van der Waals surface area contributed by atoms with Crippen LogP contribution >= 0.6 is 0 Å². The number of rotatable bonds is 30. The molecule has 0 aliphatic rings. The number of hydrogen-bond donors (Lipinski definition) is 2. The molecule has 0 saturated heterocycles. The van der Waals surface area contributed by atoms with Crippen LogP contribution in [0.4, 0.5) is 0 Å². The molecule has 0 saturated carbocycles. The van der Waals surface area contributed by atoms with E-state index in [1.165, 1.54) is 160 Å². The Bertz CT molecular complexity index is 505. The second-order valence-electron chi connectivity index (χ2n) is 10.9. The van der Waals surface area contributed by atoms with E-state index in [1.807, 2.05) is 0 Å². The molecule has 0 unspecified atom stereocenters. The Labute approximate surface area is 229 Å². The number of aliphatic carboxylic acids is 2. The number of carbonyl (C=O) groups is 2. The van der Waals surface area contributed by atoms with Crippen molar-refractivity contribution in [2.24, 2.45) is 0 Å². The first kappa shape index (κ1) is 35.4. The average molecular weight is 521 g/mol. The van der Waals surface area contributed by atoms with Gasteiger partial charge in [0.25, 0.3) is 0 Å². The first-order chi connectivity index (χ1) is 18.1. The van der Waals surface area contributed by atoms with Crippen molar-refractivity contribution in [1.29, 1.82) is 0 Å². The van der Waals surface area contributed by atoms with Crippen molar-refractivity contribution >= 4 is 11.9 Å². The SMILES string of the molecule is O=C(O)C=CCCCCCCCCCCCCCCCCCCCCCCCCCCCC=CC(=O)O. The van der Waals surface area contributed by atoms with Gasteiger partial charge in [-0.3, -0.25) is 0 Å². The van der Waals surface area contributed by atoms with Gasteiger partial charge in [-0.15, -0.1) is 0 Å². The van der Waals surface area contributed by atoms with Crippen LogP contribution in [-0.4, -0.2) is 22.2 Å². The molecular formula is C33H60O4. The maximum absolute atomic E-state index is 10.4. The van der Waals surface area contributed by atoms with Gasteiger partial charge in [0.05, 0.1) is 0 Å². The van der Waals surface area contributed by atoms with Crippen molar-refractivity contribution in [1.82, 2.24) is 0 Å². The molecule has 216 valence electrons. The number of carboxylic acids is 2. The van der Waals surface area contributed by atoms with Crippen molar-refractivity contribution in [2.45, 2.75) is 173 Å². The third-order valence-corrected chi connectivity index (χ3v) is 7.26. The van der Waals surface area contributed by atoms with Gasteiger partial charge in [0, 0.05) is 12.2 Å². The Morgan fingerprint density at radius 1 is 0.324 bits per heavy atom. The summed E-state index contributed by atoms with van der Waals surface area (Å²) in [5, 5.41) is 17.1. The molecule has 0 aliphatic heterocycles. The van der Waals surface area contributed by atoms with Crippen LogP contribution in [0.2, 0.25) is 0 Å². The molecule has 0 aromatic rings. The van der Waals surface area contributed by atoms with E-state index in [0.29, 0.717) is 0 Å². The Kier molecular flexibility index (Phi) is 29.3. The van der Waals surface area contributed by atoms with Crippen LogP contribution in [0.25, 0.3) is 0 Å². The van der Waals surface area contributed by atoms with Crippen LogP contribution in [0.3, 0.4) is 0 Å². The lowest BCUT2D eigenvalue weighted by atomic mass is 10.0. The zero-order valence-electron chi connectivity index (χ0n) is 24.1. The minimum Gasteiger partial charge on any atom is -0.478 e. The van der Waals surface area contributed by atoms with Gasteiger partial charge in [0.15, 0.2) is 0 Å². The largest absolute Gasteiger partial charge is 0.478 e. The first-order valence-corrected chi connectivity index (χ1v) is 15.9. The molecule has 0 aromatic carbocycles. The molecule has 2 N–H and O–H groups in total. The van der Waals surface area contributed by atoms with E-state index in [0.717, 1.165) is 25.7 Å². The van der Waals surface area contributed by atoms with E-state index in [-0.39, 0.29) is 0 Å². The molecule has 0 aliphatic carbocycles. The molecule has 0 aromatic heterocycles. The fraction of sp³-hybridized carbons (Fsp3) is 0.818. The molecule has 4 nitrogen and oxygen atoms in total. The molecular weight excluding hydrogens is 460 g/mol. The number of unbranched alkanes of at least 4 members (excludes halogenated alkanes) is 26. The van der Waals surface area contributed by atoms with E-state index in [9.17, 15) is 9.59 Å². The Morgan fingerprint density at radius 3 is 0.649 bits per heavy atom. The molecule has 37 heavy (non-hydrogen) atoms. The van der Waals surface area contributed by atoms with Crippen LogP contribution in [-0.2, 0) is 9.59 Å². The Morgan fingerprint density at radius 2 is 0.486 bits per heavy atom. The van der Waals surface area contributed by atoms with Gasteiger partial charge in [0.2, 0.25) is 0 Å². The minimum absolute atomic E-state index is 0.838. The van der Waals surface area contributed by atoms with Crippen molar-refractivity contribution < 1.29 is 19.8 Å². The molecule has 0 atom stereocenters. The average Bonchev–Trinajstić information content (AvgIpc) is 2.87. The molecule has 0 amide bonds. The minimum atomic E-state index is -0.838. The predicted octanol–water partition coefficient (Wildman–Crippen LogP) is 10.8. The van der Waals surface area contributed by atoms with Gasteiger partial charge in [-0.05, 0) is 25.7 Å². The molecule has 0 radical (unpaired) electrons. The van der Waals surface area contributed by atoms with Gasteiger partial charge in [0.1, 0.15) is 0 Å². The molecule has 0 heterocycles. The highest BCUT2D eigenvalue weighted by Gasteiger charge is 1.96. The Balaban J connectivity index is 3.07. The topological polar surface area (TPSA) is 74.6 Å². The monoisotopic (exact) mass is 520 g/mol. The van der Waals surface area contributed by atoms with Crippen LogP contribution in [0.1, 0.15) is 173 Å². The number of hydrogen-bond acceptors (Lipinski definition) is 2. The molecule has 0 rings (SSSR count). The van der Waals surface area contributed by atoms with Crippen molar-refractivity contribution in [3.8, 4) is 0 Å². The summed E-state index contributed by atoms with van der Waals surface area (Å²) in [5.74, 6) is -1.68. The smallest absolute Gasteiger partial charge is 0.327 e. The molecule has 0 fully saturated rings. The fourth-order valence-corrected chi connectivity index (χ4v) is 4.96. The lowest BCUT2D eigenvalue weighted by molar-refractivity contribution is -0.132.